The van der Waals surface area contributed by atoms with Gasteiger partial charge in [0, 0.05) is 6.54 Å². The predicted molar refractivity (Wildman–Crippen MR) is 64.3 cm³/mol. The molecule has 0 aromatic heterocycles. The first kappa shape index (κ1) is 13.4. The smallest absolute Gasteiger partial charge is 0.144 e. The molecule has 2 nitrogen and oxygen atoms in total. The van der Waals surface area contributed by atoms with E-state index in [1.54, 1.807) is 0 Å². The number of nitrogens with two attached hydrogens (primary N) is 1. The molecule has 0 aliphatic rings. The van der Waals surface area contributed by atoms with Crippen LogP contribution in [0.15, 0.2) is 0 Å². The van der Waals surface area contributed by atoms with Gasteiger partial charge in [-0.05, 0) is 19.8 Å². The Hall–Kier alpha value is 0.350. The van der Waals surface area contributed by atoms with Crippen LogP contribution in [0, 0.1) is 0 Å². The van der Waals surface area contributed by atoms with Crippen molar-refractivity contribution < 1.29 is 0 Å². The summed E-state index contributed by atoms with van der Waals surface area (Å²) in [5.41, 5.74) is 6.38. The van der Waals surface area contributed by atoms with Crippen LogP contribution in [0.5, 0.6) is 0 Å². The van der Waals surface area contributed by atoms with E-state index in [2.05, 4.69) is 25.9 Å². The molecule has 0 bridgehead atoms. The van der Waals surface area contributed by atoms with Crippen molar-refractivity contribution in [2.45, 2.75) is 46.5 Å². The first-order valence-electron chi connectivity index (χ1n) is 5.59. The molecule has 0 amide bonds. The summed E-state index contributed by atoms with van der Waals surface area (Å²) >= 11 is 0. The molecule has 0 unspecified atom stereocenters. The van der Waals surface area contributed by atoms with Crippen LogP contribution in [0.25, 0.3) is 0 Å². The van der Waals surface area contributed by atoms with E-state index >= 15 is 0 Å². The lowest BCUT2D eigenvalue weighted by Crippen LogP contribution is -2.27. The molecular formula is C10H26N2P+. The molecule has 0 aliphatic carbocycles. The molecule has 3 N–H and O–H groups in total. The molecule has 0 spiro atoms. The van der Waals surface area contributed by atoms with Crippen molar-refractivity contribution in [2.24, 2.45) is 5.50 Å². The normalized spacial score (nSPS) is 12.0. The van der Waals surface area contributed by atoms with Gasteiger partial charge < -0.3 is 0 Å². The second kappa shape index (κ2) is 7.73. The SMILES string of the molecule is CCCC[P+](N)(CCCC)NCC. The van der Waals surface area contributed by atoms with Gasteiger partial charge in [0.05, 0.1) is 12.3 Å². The zero-order chi connectivity index (χ0) is 10.2. The Morgan fingerprint density at radius 1 is 1.00 bits per heavy atom. The highest BCUT2D eigenvalue weighted by atomic mass is 31.2. The number of nitrogens with one attached hydrogen (secondary N) is 1. The Balaban J connectivity index is 3.84. The van der Waals surface area contributed by atoms with E-state index in [9.17, 15) is 0 Å². The third-order valence-corrected chi connectivity index (χ3v) is 5.47. The highest BCUT2D eigenvalue weighted by Gasteiger charge is 2.29. The summed E-state index contributed by atoms with van der Waals surface area (Å²) in [6.45, 7) is 7.64. The third-order valence-electron chi connectivity index (χ3n) is 2.29. The van der Waals surface area contributed by atoms with Crippen molar-refractivity contribution >= 4 is 7.56 Å². The van der Waals surface area contributed by atoms with Crippen LogP contribution in [-0.4, -0.2) is 18.9 Å². The van der Waals surface area contributed by atoms with Crippen molar-refractivity contribution in [3.63, 3.8) is 0 Å². The second-order valence-electron chi connectivity index (χ2n) is 3.70. The van der Waals surface area contributed by atoms with Gasteiger partial charge in [0.2, 0.25) is 0 Å². The summed E-state index contributed by atoms with van der Waals surface area (Å²) in [6, 6.07) is 0. The largest absolute Gasteiger partial charge is 0.189 e. The fourth-order valence-corrected chi connectivity index (χ4v) is 4.40. The Kier molecular flexibility index (Phi) is 7.93. The Labute approximate surface area is 84.1 Å². The zero-order valence-corrected chi connectivity index (χ0v) is 10.4. The molecule has 0 rings (SSSR count). The molecule has 0 aromatic rings. The first-order chi connectivity index (χ1) is 6.18. The number of hydrogen-bond acceptors (Lipinski definition) is 2. The molecular weight excluding hydrogens is 179 g/mol. The fourth-order valence-electron chi connectivity index (χ4n) is 1.47. The monoisotopic (exact) mass is 205 g/mol. The Morgan fingerprint density at radius 3 is 1.77 bits per heavy atom. The minimum Gasteiger partial charge on any atom is -0.189 e. The van der Waals surface area contributed by atoms with Gasteiger partial charge >= 0.3 is 0 Å². The topological polar surface area (TPSA) is 38.0 Å². The van der Waals surface area contributed by atoms with Crippen LogP contribution in [0.1, 0.15) is 46.5 Å². The van der Waals surface area contributed by atoms with Crippen LogP contribution < -0.4 is 10.6 Å². The van der Waals surface area contributed by atoms with Crippen molar-refractivity contribution in [3.8, 4) is 0 Å². The van der Waals surface area contributed by atoms with Gasteiger partial charge in [0.25, 0.3) is 0 Å². The predicted octanol–water partition coefficient (Wildman–Crippen LogP) is 3.00. The third kappa shape index (κ3) is 6.42. The average Bonchev–Trinajstić information content (AvgIpc) is 2.12. The lowest BCUT2D eigenvalue weighted by Gasteiger charge is -2.21. The van der Waals surface area contributed by atoms with Gasteiger partial charge in [-0.3, -0.25) is 0 Å². The molecule has 0 fully saturated rings. The standard InChI is InChI=1S/C10H26N2P/c1-4-7-9-13(11,12-6-3)10-8-5-2/h12H,4-11H2,1-3H3/q+1. The van der Waals surface area contributed by atoms with Crippen LogP contribution in [-0.2, 0) is 0 Å². The average molecular weight is 205 g/mol. The molecule has 0 atom stereocenters. The summed E-state index contributed by atoms with van der Waals surface area (Å²) in [5.74, 6) is 0. The van der Waals surface area contributed by atoms with Crippen LogP contribution >= 0.6 is 7.56 Å². The van der Waals surface area contributed by atoms with E-state index in [0.717, 1.165) is 6.54 Å². The van der Waals surface area contributed by atoms with E-state index in [4.69, 9.17) is 5.50 Å². The summed E-state index contributed by atoms with van der Waals surface area (Å²) in [6.07, 6.45) is 7.52. The number of rotatable bonds is 8. The molecule has 0 saturated heterocycles. The molecule has 3 heteroatoms. The molecule has 0 aliphatic heterocycles. The highest BCUT2D eigenvalue weighted by molar-refractivity contribution is 7.71. The first-order valence-corrected chi connectivity index (χ1v) is 7.82. The maximum absolute atomic E-state index is 6.38. The van der Waals surface area contributed by atoms with Gasteiger partial charge in [-0.15, -0.1) is 0 Å². The van der Waals surface area contributed by atoms with Crippen LogP contribution in [0.4, 0.5) is 0 Å². The van der Waals surface area contributed by atoms with Crippen molar-refractivity contribution in [2.75, 3.05) is 18.9 Å². The quantitative estimate of drug-likeness (QED) is 0.598. The van der Waals surface area contributed by atoms with Gasteiger partial charge in [0.1, 0.15) is 7.56 Å². The van der Waals surface area contributed by atoms with Gasteiger partial charge in [-0.1, -0.05) is 26.7 Å². The van der Waals surface area contributed by atoms with Gasteiger partial charge in [0.15, 0.2) is 0 Å². The summed E-state index contributed by atoms with van der Waals surface area (Å²) in [7, 11) is -1.25. The number of unbranched alkanes of at least 4 members (excludes halogenated alkanes) is 2. The van der Waals surface area contributed by atoms with Crippen LogP contribution in [0.3, 0.4) is 0 Å². The molecule has 0 aromatic carbocycles. The van der Waals surface area contributed by atoms with Gasteiger partial charge in [-0.2, -0.15) is 10.6 Å². The van der Waals surface area contributed by atoms with E-state index in [1.165, 1.54) is 38.0 Å². The molecule has 0 heterocycles. The summed E-state index contributed by atoms with van der Waals surface area (Å²) in [5, 5.41) is 3.52. The second-order valence-corrected chi connectivity index (χ2v) is 6.98. The van der Waals surface area contributed by atoms with Crippen molar-refractivity contribution in [1.29, 1.82) is 0 Å². The molecule has 0 radical (unpaired) electrons. The van der Waals surface area contributed by atoms with E-state index in [-0.39, 0.29) is 0 Å². The van der Waals surface area contributed by atoms with E-state index in [0.29, 0.717) is 0 Å². The Morgan fingerprint density at radius 2 is 1.46 bits per heavy atom. The number of hydrogen-bond donors (Lipinski definition) is 2. The summed E-state index contributed by atoms with van der Waals surface area (Å²) < 4.78 is 0. The van der Waals surface area contributed by atoms with Gasteiger partial charge in [-0.25, -0.2) is 0 Å². The molecule has 13 heavy (non-hydrogen) atoms. The van der Waals surface area contributed by atoms with Crippen molar-refractivity contribution in [1.82, 2.24) is 5.09 Å². The van der Waals surface area contributed by atoms with Crippen LogP contribution in [0.2, 0.25) is 0 Å². The minimum absolute atomic E-state index is 1.03. The highest BCUT2D eigenvalue weighted by Crippen LogP contribution is 2.47. The fraction of sp³-hybridized carbons (Fsp3) is 1.00. The van der Waals surface area contributed by atoms with Crippen molar-refractivity contribution in [3.05, 3.63) is 0 Å². The summed E-state index contributed by atoms with van der Waals surface area (Å²) in [4.78, 5) is 0. The zero-order valence-electron chi connectivity index (χ0n) is 9.47. The van der Waals surface area contributed by atoms with E-state index in [1.807, 2.05) is 0 Å². The lowest BCUT2D eigenvalue weighted by molar-refractivity contribution is 0.837. The minimum atomic E-state index is -1.25. The lowest BCUT2D eigenvalue weighted by atomic mass is 10.4. The Bertz CT molecular complexity index is 109. The maximum Gasteiger partial charge on any atom is 0.144 e. The van der Waals surface area contributed by atoms with E-state index < -0.39 is 7.56 Å². The molecule has 0 saturated carbocycles. The molecule has 80 valence electrons. The maximum atomic E-state index is 6.38.